The molecule has 0 saturated heterocycles. The first-order chi connectivity index (χ1) is 8.04. The number of hydrogen-bond acceptors (Lipinski definition) is 4. The molecule has 0 aliphatic carbocycles. The minimum absolute atomic E-state index is 0.0457. The molecule has 0 fully saturated rings. The zero-order valence-corrected chi connectivity index (χ0v) is 10.1. The lowest BCUT2D eigenvalue weighted by Gasteiger charge is -2.06. The average molecular weight is 237 g/mol. The second-order valence-electron chi connectivity index (χ2n) is 3.55. The van der Waals surface area contributed by atoms with Crippen LogP contribution in [0.5, 0.6) is 5.75 Å². The first kappa shape index (κ1) is 13.0. The van der Waals surface area contributed by atoms with Gasteiger partial charge in [-0.2, -0.15) is 0 Å². The molecule has 0 heterocycles. The Balaban J connectivity index is 3.05. The van der Waals surface area contributed by atoms with E-state index in [2.05, 4.69) is 4.99 Å². The molecule has 0 aliphatic heterocycles. The number of benzene rings is 1. The molecule has 0 saturated carbocycles. The monoisotopic (exact) mass is 237 g/mol. The van der Waals surface area contributed by atoms with Crippen molar-refractivity contribution in [1.82, 2.24) is 4.90 Å². The van der Waals surface area contributed by atoms with Gasteiger partial charge in [-0.15, -0.1) is 0 Å². The third kappa shape index (κ3) is 3.75. The molecule has 0 spiro atoms. The van der Waals surface area contributed by atoms with Crippen LogP contribution in [0.2, 0.25) is 0 Å². The highest BCUT2D eigenvalue weighted by Gasteiger charge is 2.14. The topological polar surface area (TPSA) is 68.0 Å². The van der Waals surface area contributed by atoms with Gasteiger partial charge < -0.3 is 9.64 Å². The second kappa shape index (κ2) is 5.83. The lowest BCUT2D eigenvalue weighted by Crippen LogP contribution is -2.07. The predicted molar refractivity (Wildman–Crippen MR) is 66.1 cm³/mol. The molecule has 0 radical (unpaired) electrons. The second-order valence-corrected chi connectivity index (χ2v) is 3.55. The smallest absolute Gasteiger partial charge is 0.311 e. The van der Waals surface area contributed by atoms with Crippen LogP contribution < -0.4 is 4.74 Å². The van der Waals surface area contributed by atoms with Crippen molar-refractivity contribution in [1.29, 1.82) is 0 Å². The highest BCUT2D eigenvalue weighted by Crippen LogP contribution is 2.31. The molecule has 6 nitrogen and oxygen atoms in total. The summed E-state index contributed by atoms with van der Waals surface area (Å²) in [6.07, 6.45) is 1.62. The lowest BCUT2D eigenvalue weighted by atomic mass is 10.2. The van der Waals surface area contributed by atoms with E-state index in [4.69, 9.17) is 4.74 Å². The van der Waals surface area contributed by atoms with Gasteiger partial charge in [0.25, 0.3) is 0 Å². The van der Waals surface area contributed by atoms with Crippen molar-refractivity contribution in [2.24, 2.45) is 4.99 Å². The SMILES string of the molecule is CCOc1cc(N=CN(C)C)ccc1[N+](=O)[O-]. The minimum atomic E-state index is -0.468. The van der Waals surface area contributed by atoms with E-state index in [1.807, 2.05) is 14.1 Å². The fourth-order valence-electron chi connectivity index (χ4n) is 1.19. The Morgan fingerprint density at radius 2 is 2.24 bits per heavy atom. The summed E-state index contributed by atoms with van der Waals surface area (Å²) in [6, 6.07) is 4.54. The minimum Gasteiger partial charge on any atom is -0.487 e. The van der Waals surface area contributed by atoms with E-state index < -0.39 is 4.92 Å². The maximum absolute atomic E-state index is 10.8. The van der Waals surface area contributed by atoms with Crippen LogP contribution in [-0.2, 0) is 0 Å². The van der Waals surface area contributed by atoms with E-state index >= 15 is 0 Å². The van der Waals surface area contributed by atoms with Crippen molar-refractivity contribution in [3.8, 4) is 5.75 Å². The first-order valence-electron chi connectivity index (χ1n) is 5.16. The van der Waals surface area contributed by atoms with Crippen LogP contribution in [-0.4, -0.2) is 36.9 Å². The van der Waals surface area contributed by atoms with E-state index in [1.165, 1.54) is 6.07 Å². The fourth-order valence-corrected chi connectivity index (χ4v) is 1.19. The van der Waals surface area contributed by atoms with E-state index in [-0.39, 0.29) is 11.4 Å². The van der Waals surface area contributed by atoms with Gasteiger partial charge in [0.1, 0.15) is 0 Å². The number of rotatable bonds is 5. The molecule has 0 aliphatic rings. The number of ether oxygens (including phenoxy) is 1. The third-order valence-corrected chi connectivity index (χ3v) is 1.88. The molecule has 1 aromatic rings. The van der Waals surface area contributed by atoms with Crippen molar-refractivity contribution in [3.05, 3.63) is 28.3 Å². The zero-order chi connectivity index (χ0) is 12.8. The van der Waals surface area contributed by atoms with E-state index in [0.717, 1.165) is 0 Å². The molecule has 0 amide bonds. The number of aliphatic imine (C=N–C) groups is 1. The quantitative estimate of drug-likeness (QED) is 0.341. The normalized spacial score (nSPS) is 10.5. The molecule has 0 bridgehead atoms. The molecule has 0 aromatic heterocycles. The van der Waals surface area contributed by atoms with Crippen LogP contribution in [0.4, 0.5) is 11.4 Å². The van der Waals surface area contributed by atoms with Gasteiger partial charge in [0, 0.05) is 26.2 Å². The molecular weight excluding hydrogens is 222 g/mol. The standard InChI is InChI=1S/C11H15N3O3/c1-4-17-11-7-9(12-8-13(2)3)5-6-10(11)14(15)16/h5-8H,4H2,1-3H3. The van der Waals surface area contributed by atoms with Crippen molar-refractivity contribution < 1.29 is 9.66 Å². The van der Waals surface area contributed by atoms with Gasteiger partial charge in [-0.3, -0.25) is 10.1 Å². The Bertz CT molecular complexity index is 430. The predicted octanol–water partition coefficient (Wildman–Crippen LogP) is 2.21. The summed E-state index contributed by atoms with van der Waals surface area (Å²) in [5, 5.41) is 10.8. The Morgan fingerprint density at radius 3 is 2.76 bits per heavy atom. The van der Waals surface area contributed by atoms with Crippen LogP contribution in [0.1, 0.15) is 6.92 Å². The summed E-state index contributed by atoms with van der Waals surface area (Å²) in [6.45, 7) is 2.15. The summed E-state index contributed by atoms with van der Waals surface area (Å²) in [5.74, 6) is 0.242. The summed E-state index contributed by atoms with van der Waals surface area (Å²) >= 11 is 0. The molecule has 0 N–H and O–H groups in total. The number of nitro benzene ring substituents is 1. The summed E-state index contributed by atoms with van der Waals surface area (Å²) in [5.41, 5.74) is 0.573. The third-order valence-electron chi connectivity index (χ3n) is 1.88. The molecule has 17 heavy (non-hydrogen) atoms. The Labute approximate surface area is 99.7 Å². The van der Waals surface area contributed by atoms with Gasteiger partial charge in [0.2, 0.25) is 0 Å². The largest absolute Gasteiger partial charge is 0.487 e. The summed E-state index contributed by atoms with van der Waals surface area (Å²) in [4.78, 5) is 16.2. The molecule has 1 aromatic carbocycles. The zero-order valence-electron chi connectivity index (χ0n) is 10.1. The van der Waals surface area contributed by atoms with E-state index in [1.54, 1.807) is 30.3 Å². The molecule has 92 valence electrons. The summed E-state index contributed by atoms with van der Waals surface area (Å²) < 4.78 is 5.22. The van der Waals surface area contributed by atoms with Crippen molar-refractivity contribution >= 4 is 17.7 Å². The Hall–Kier alpha value is -2.11. The molecule has 1 rings (SSSR count). The maximum Gasteiger partial charge on any atom is 0.311 e. The first-order valence-corrected chi connectivity index (χ1v) is 5.16. The number of nitro groups is 1. The molecule has 6 heteroatoms. The van der Waals surface area contributed by atoms with Gasteiger partial charge in [-0.25, -0.2) is 4.99 Å². The van der Waals surface area contributed by atoms with Crippen molar-refractivity contribution in [2.75, 3.05) is 20.7 Å². The lowest BCUT2D eigenvalue weighted by molar-refractivity contribution is -0.385. The van der Waals surface area contributed by atoms with E-state index in [9.17, 15) is 10.1 Å². The van der Waals surface area contributed by atoms with Gasteiger partial charge in [-0.05, 0) is 13.0 Å². The molecule has 0 atom stereocenters. The van der Waals surface area contributed by atoms with E-state index in [0.29, 0.717) is 12.3 Å². The Morgan fingerprint density at radius 1 is 1.53 bits per heavy atom. The Kier molecular flexibility index (Phi) is 4.45. The number of hydrogen-bond donors (Lipinski definition) is 0. The van der Waals surface area contributed by atoms with Crippen LogP contribution >= 0.6 is 0 Å². The van der Waals surface area contributed by atoms with Crippen LogP contribution in [0.3, 0.4) is 0 Å². The van der Waals surface area contributed by atoms with Crippen molar-refractivity contribution in [2.45, 2.75) is 6.92 Å². The van der Waals surface area contributed by atoms with Crippen molar-refractivity contribution in [3.63, 3.8) is 0 Å². The highest BCUT2D eigenvalue weighted by atomic mass is 16.6. The van der Waals surface area contributed by atoms with Crippen LogP contribution in [0.25, 0.3) is 0 Å². The maximum atomic E-state index is 10.8. The van der Waals surface area contributed by atoms with Gasteiger partial charge in [-0.1, -0.05) is 0 Å². The highest BCUT2D eigenvalue weighted by molar-refractivity contribution is 5.64. The number of nitrogens with zero attached hydrogens (tertiary/aromatic N) is 3. The van der Waals surface area contributed by atoms with Gasteiger partial charge >= 0.3 is 5.69 Å². The molecular formula is C11H15N3O3. The van der Waals surface area contributed by atoms with Crippen LogP contribution in [0.15, 0.2) is 23.2 Å². The summed E-state index contributed by atoms with van der Waals surface area (Å²) in [7, 11) is 3.69. The fraction of sp³-hybridized carbons (Fsp3) is 0.364. The van der Waals surface area contributed by atoms with Crippen LogP contribution in [0, 0.1) is 10.1 Å². The van der Waals surface area contributed by atoms with Gasteiger partial charge in [0.05, 0.1) is 23.6 Å². The van der Waals surface area contributed by atoms with Gasteiger partial charge in [0.15, 0.2) is 5.75 Å². The molecule has 0 unspecified atom stereocenters. The average Bonchev–Trinajstić information content (AvgIpc) is 2.26.